The van der Waals surface area contributed by atoms with Gasteiger partial charge in [-0.3, -0.25) is 0 Å². The SMILES string of the molecule is COc1nc(NC2CCN(C(=O)O)CC2)nc(OC)n1. The van der Waals surface area contributed by atoms with Crippen LogP contribution in [0.5, 0.6) is 12.0 Å². The predicted molar refractivity (Wildman–Crippen MR) is 69.2 cm³/mol. The van der Waals surface area contributed by atoms with E-state index in [9.17, 15) is 4.79 Å². The van der Waals surface area contributed by atoms with Gasteiger partial charge in [0.2, 0.25) is 5.95 Å². The number of carboxylic acid groups (broad SMARTS) is 1. The maximum Gasteiger partial charge on any atom is 0.407 e. The number of piperidine rings is 1. The van der Waals surface area contributed by atoms with Crippen LogP contribution in [0.1, 0.15) is 12.8 Å². The Balaban J connectivity index is 1.98. The third-order valence-corrected chi connectivity index (χ3v) is 3.06. The largest absolute Gasteiger partial charge is 0.467 e. The van der Waals surface area contributed by atoms with Crippen LogP contribution in [0.15, 0.2) is 0 Å². The molecule has 1 saturated heterocycles. The van der Waals surface area contributed by atoms with Gasteiger partial charge in [0.15, 0.2) is 0 Å². The number of anilines is 1. The van der Waals surface area contributed by atoms with Crippen molar-refractivity contribution in [2.24, 2.45) is 0 Å². The molecule has 0 unspecified atom stereocenters. The number of carbonyl (C=O) groups is 1. The molecule has 0 aliphatic carbocycles. The fraction of sp³-hybridized carbons (Fsp3) is 0.636. The molecule has 2 N–H and O–H groups in total. The van der Waals surface area contributed by atoms with Crippen molar-refractivity contribution in [1.82, 2.24) is 19.9 Å². The molecule has 9 nitrogen and oxygen atoms in total. The molecular weight excluding hydrogens is 266 g/mol. The Kier molecular flexibility index (Phi) is 4.38. The van der Waals surface area contributed by atoms with Crippen LogP contribution >= 0.6 is 0 Å². The highest BCUT2D eigenvalue weighted by Crippen LogP contribution is 2.17. The molecule has 9 heteroatoms. The number of aromatic nitrogens is 3. The summed E-state index contributed by atoms with van der Waals surface area (Å²) >= 11 is 0. The first-order chi connectivity index (χ1) is 9.62. The van der Waals surface area contributed by atoms with Crippen LogP contribution in [0.4, 0.5) is 10.7 Å². The Morgan fingerprint density at radius 1 is 1.20 bits per heavy atom. The number of hydrogen-bond donors (Lipinski definition) is 2. The molecule has 1 aromatic rings. The summed E-state index contributed by atoms with van der Waals surface area (Å²) in [6, 6.07) is 0.451. The van der Waals surface area contributed by atoms with E-state index < -0.39 is 6.09 Å². The van der Waals surface area contributed by atoms with Crippen molar-refractivity contribution in [3.63, 3.8) is 0 Å². The maximum atomic E-state index is 10.8. The van der Waals surface area contributed by atoms with Crippen molar-refractivity contribution in [3.05, 3.63) is 0 Å². The standard InChI is InChI=1S/C11H17N5O4/c1-19-9-13-8(14-10(15-9)20-2)12-7-3-5-16(6-4-7)11(17)18/h7H,3-6H2,1-2H3,(H,17,18)(H,12,13,14,15). The van der Waals surface area contributed by atoms with E-state index >= 15 is 0 Å². The van der Waals surface area contributed by atoms with Crippen LogP contribution < -0.4 is 14.8 Å². The zero-order valence-electron chi connectivity index (χ0n) is 11.4. The first-order valence-electron chi connectivity index (χ1n) is 6.21. The van der Waals surface area contributed by atoms with E-state index in [1.54, 1.807) is 0 Å². The third-order valence-electron chi connectivity index (χ3n) is 3.06. The highest BCUT2D eigenvalue weighted by Gasteiger charge is 2.23. The lowest BCUT2D eigenvalue weighted by molar-refractivity contribution is 0.133. The third kappa shape index (κ3) is 3.37. The molecule has 0 atom stereocenters. The molecule has 0 spiro atoms. The molecule has 1 aliphatic rings. The minimum Gasteiger partial charge on any atom is -0.467 e. The summed E-state index contributed by atoms with van der Waals surface area (Å²) in [6.45, 7) is 0.985. The second-order valence-corrected chi connectivity index (χ2v) is 4.32. The summed E-state index contributed by atoms with van der Waals surface area (Å²) < 4.78 is 9.93. The van der Waals surface area contributed by atoms with Gasteiger partial charge in [-0.2, -0.15) is 9.97 Å². The summed E-state index contributed by atoms with van der Waals surface area (Å²) in [5.41, 5.74) is 0. The van der Waals surface area contributed by atoms with Gasteiger partial charge in [0.25, 0.3) is 0 Å². The van der Waals surface area contributed by atoms with E-state index in [0.29, 0.717) is 31.9 Å². The average Bonchev–Trinajstić information content (AvgIpc) is 2.47. The van der Waals surface area contributed by atoms with Gasteiger partial charge in [-0.1, -0.05) is 0 Å². The molecule has 0 aromatic carbocycles. The molecule has 20 heavy (non-hydrogen) atoms. The predicted octanol–water partition coefficient (Wildman–Crippen LogP) is 0.443. The first-order valence-corrected chi connectivity index (χ1v) is 6.21. The van der Waals surface area contributed by atoms with Crippen molar-refractivity contribution in [3.8, 4) is 12.0 Å². The minimum absolute atomic E-state index is 0.113. The van der Waals surface area contributed by atoms with Crippen LogP contribution in [0.2, 0.25) is 0 Å². The van der Waals surface area contributed by atoms with E-state index in [0.717, 1.165) is 0 Å². The second kappa shape index (κ2) is 6.22. The molecule has 0 saturated carbocycles. The van der Waals surface area contributed by atoms with E-state index in [1.807, 2.05) is 0 Å². The Labute approximate surface area is 115 Å². The minimum atomic E-state index is -0.882. The van der Waals surface area contributed by atoms with Crippen LogP contribution in [-0.2, 0) is 0 Å². The second-order valence-electron chi connectivity index (χ2n) is 4.32. The number of likely N-dealkylation sites (tertiary alicyclic amines) is 1. The van der Waals surface area contributed by atoms with E-state index in [4.69, 9.17) is 14.6 Å². The van der Waals surface area contributed by atoms with Crippen LogP contribution in [0.3, 0.4) is 0 Å². The lowest BCUT2D eigenvalue weighted by atomic mass is 10.1. The Hall–Kier alpha value is -2.32. The number of rotatable bonds is 4. The molecule has 2 rings (SSSR count). The Morgan fingerprint density at radius 3 is 2.20 bits per heavy atom. The van der Waals surface area contributed by atoms with Gasteiger partial charge in [0.05, 0.1) is 14.2 Å². The van der Waals surface area contributed by atoms with Crippen molar-refractivity contribution >= 4 is 12.0 Å². The van der Waals surface area contributed by atoms with E-state index in [2.05, 4.69) is 20.3 Å². The summed E-state index contributed by atoms with van der Waals surface area (Å²) in [5, 5.41) is 12.0. The molecule has 1 aliphatic heterocycles. The van der Waals surface area contributed by atoms with Gasteiger partial charge in [0, 0.05) is 19.1 Å². The number of hydrogen-bond acceptors (Lipinski definition) is 7. The molecule has 0 radical (unpaired) electrons. The van der Waals surface area contributed by atoms with E-state index in [1.165, 1.54) is 19.1 Å². The van der Waals surface area contributed by atoms with Gasteiger partial charge < -0.3 is 24.8 Å². The smallest absolute Gasteiger partial charge is 0.407 e. The van der Waals surface area contributed by atoms with Crippen LogP contribution in [-0.4, -0.2) is 64.4 Å². The molecule has 1 amide bonds. The van der Waals surface area contributed by atoms with Gasteiger partial charge in [0.1, 0.15) is 0 Å². The maximum absolute atomic E-state index is 10.8. The normalized spacial score (nSPS) is 15.8. The number of methoxy groups -OCH3 is 2. The number of nitrogens with one attached hydrogen (secondary N) is 1. The highest BCUT2D eigenvalue weighted by molar-refractivity contribution is 5.65. The number of ether oxygens (including phenoxy) is 2. The Morgan fingerprint density at radius 2 is 1.75 bits per heavy atom. The van der Waals surface area contributed by atoms with Gasteiger partial charge in [-0.05, 0) is 12.8 Å². The van der Waals surface area contributed by atoms with Gasteiger partial charge in [-0.15, -0.1) is 4.98 Å². The molecular formula is C11H17N5O4. The van der Waals surface area contributed by atoms with Crippen molar-refractivity contribution < 1.29 is 19.4 Å². The average molecular weight is 283 g/mol. The van der Waals surface area contributed by atoms with Crippen molar-refractivity contribution in [1.29, 1.82) is 0 Å². The van der Waals surface area contributed by atoms with Gasteiger partial charge >= 0.3 is 18.1 Å². The zero-order valence-corrected chi connectivity index (χ0v) is 11.4. The monoisotopic (exact) mass is 283 g/mol. The highest BCUT2D eigenvalue weighted by atomic mass is 16.5. The fourth-order valence-electron chi connectivity index (χ4n) is 1.98. The van der Waals surface area contributed by atoms with Crippen LogP contribution in [0, 0.1) is 0 Å². The topological polar surface area (TPSA) is 110 Å². The molecule has 1 fully saturated rings. The summed E-state index contributed by atoms with van der Waals surface area (Å²) in [7, 11) is 2.92. The summed E-state index contributed by atoms with van der Waals surface area (Å²) in [5.74, 6) is 0.363. The lowest BCUT2D eigenvalue weighted by Gasteiger charge is -2.30. The van der Waals surface area contributed by atoms with Crippen molar-refractivity contribution in [2.75, 3.05) is 32.6 Å². The fourth-order valence-corrected chi connectivity index (χ4v) is 1.98. The molecule has 0 bridgehead atoms. The van der Waals surface area contributed by atoms with Crippen molar-refractivity contribution in [2.45, 2.75) is 18.9 Å². The molecule has 110 valence electrons. The first kappa shape index (κ1) is 14.1. The summed E-state index contributed by atoms with van der Waals surface area (Å²) in [6.07, 6.45) is 0.512. The Bertz CT molecular complexity index is 454. The van der Waals surface area contributed by atoms with Gasteiger partial charge in [-0.25, -0.2) is 4.79 Å². The molecule has 1 aromatic heterocycles. The van der Waals surface area contributed by atoms with E-state index in [-0.39, 0.29) is 18.1 Å². The summed E-state index contributed by atoms with van der Waals surface area (Å²) in [4.78, 5) is 24.3. The van der Waals surface area contributed by atoms with Crippen LogP contribution in [0.25, 0.3) is 0 Å². The lowest BCUT2D eigenvalue weighted by Crippen LogP contribution is -2.41. The quantitative estimate of drug-likeness (QED) is 0.819. The zero-order chi connectivity index (χ0) is 14.5. The molecule has 2 heterocycles. The number of amides is 1. The number of nitrogens with zero attached hydrogens (tertiary/aromatic N) is 4.